The van der Waals surface area contributed by atoms with E-state index in [1.54, 1.807) is 0 Å². The summed E-state index contributed by atoms with van der Waals surface area (Å²) in [6.07, 6.45) is 2.88. The highest BCUT2D eigenvalue weighted by Crippen LogP contribution is 2.18. The van der Waals surface area contributed by atoms with Gasteiger partial charge in [0.15, 0.2) is 5.34 Å². The summed E-state index contributed by atoms with van der Waals surface area (Å²) in [6, 6.07) is 0. The number of hydrogen-bond acceptors (Lipinski definition) is 5. The topological polar surface area (TPSA) is 68.1 Å². The van der Waals surface area contributed by atoms with Gasteiger partial charge in [-0.3, -0.25) is 0 Å². The molecule has 0 spiro atoms. The van der Waals surface area contributed by atoms with Gasteiger partial charge in [-0.15, -0.1) is 4.91 Å². The number of rotatable bonds is 9. The van der Waals surface area contributed by atoms with E-state index in [9.17, 15) is 4.91 Å². The van der Waals surface area contributed by atoms with Crippen molar-refractivity contribution in [3.8, 4) is 0 Å². The molecule has 0 radical (unpaired) electrons. The fourth-order valence-electron chi connectivity index (χ4n) is 1.47. The Bertz CT molecular complexity index is 164. The molecule has 0 aliphatic heterocycles. The van der Waals surface area contributed by atoms with E-state index < -0.39 is 6.29 Å². The average Bonchev–Trinajstić information content (AvgIpc) is 2.16. The lowest BCUT2D eigenvalue weighted by atomic mass is 9.97. The van der Waals surface area contributed by atoms with Crippen LogP contribution in [-0.4, -0.2) is 11.5 Å². The molecule has 0 rings (SSSR count). The van der Waals surface area contributed by atoms with E-state index in [0.29, 0.717) is 18.3 Å². The monoisotopic (exact) mass is 219 g/mol. The van der Waals surface area contributed by atoms with Gasteiger partial charge < -0.3 is 4.84 Å². The molecule has 0 saturated carbocycles. The van der Waals surface area contributed by atoms with Crippen molar-refractivity contribution in [1.29, 1.82) is 0 Å². The second-order valence-electron chi connectivity index (χ2n) is 4.38. The third kappa shape index (κ3) is 8.32. The Balaban J connectivity index is 3.60. The minimum Gasteiger partial charge on any atom is -0.329 e. The first-order chi connectivity index (χ1) is 7.10. The molecule has 0 saturated heterocycles. The lowest BCUT2D eigenvalue weighted by Crippen LogP contribution is -2.16. The zero-order valence-electron chi connectivity index (χ0n) is 9.68. The Kier molecular flexibility index (Phi) is 8.22. The third-order valence-electron chi connectivity index (χ3n) is 2.35. The van der Waals surface area contributed by atoms with Crippen molar-refractivity contribution in [1.82, 2.24) is 0 Å². The third-order valence-corrected chi connectivity index (χ3v) is 2.35. The second-order valence-corrected chi connectivity index (χ2v) is 4.38. The molecule has 0 aromatic rings. The summed E-state index contributed by atoms with van der Waals surface area (Å²) in [4.78, 5) is 18.1. The van der Waals surface area contributed by atoms with E-state index >= 15 is 0 Å². The molecule has 1 unspecified atom stereocenters. The van der Waals surface area contributed by atoms with Crippen LogP contribution in [-0.2, 0) is 9.73 Å². The highest BCUT2D eigenvalue weighted by molar-refractivity contribution is 4.57. The van der Waals surface area contributed by atoms with Gasteiger partial charge in [0.2, 0.25) is 0 Å². The van der Waals surface area contributed by atoms with Crippen molar-refractivity contribution in [3.63, 3.8) is 0 Å². The maximum atomic E-state index is 9.80. The predicted molar refractivity (Wildman–Crippen MR) is 56.9 cm³/mol. The van der Waals surface area contributed by atoms with Gasteiger partial charge in [0.1, 0.15) is 0 Å². The number of nitrogens with zero attached hydrogens (tertiary/aromatic N) is 1. The van der Waals surface area contributed by atoms with Gasteiger partial charge in [0, 0.05) is 6.42 Å². The maximum Gasteiger partial charge on any atom is 0.260 e. The zero-order chi connectivity index (χ0) is 11.7. The van der Waals surface area contributed by atoms with Crippen LogP contribution in [0.15, 0.2) is 5.34 Å². The standard InChI is InChI=1S/C10H21NO4/c1-8(2)5-4-6-9(3)7-10(15-13)14-11-12/h8-10,13H,4-7H2,1-3H3/t9-,10?/m1/s1. The summed E-state index contributed by atoms with van der Waals surface area (Å²) in [5.41, 5.74) is 0. The van der Waals surface area contributed by atoms with Gasteiger partial charge in [-0.25, -0.2) is 5.26 Å². The lowest BCUT2D eigenvalue weighted by molar-refractivity contribution is -0.350. The molecular formula is C10H21NO4. The second kappa shape index (κ2) is 8.61. The summed E-state index contributed by atoms with van der Waals surface area (Å²) in [7, 11) is 0. The summed E-state index contributed by atoms with van der Waals surface area (Å²) < 4.78 is 0. The molecule has 5 nitrogen and oxygen atoms in total. The fourth-order valence-corrected chi connectivity index (χ4v) is 1.47. The summed E-state index contributed by atoms with van der Waals surface area (Å²) in [5.74, 6) is 1.04. The Hall–Kier alpha value is -0.680. The molecule has 0 aromatic heterocycles. The molecule has 0 heterocycles. The SMILES string of the molecule is CC(C)CCC[C@@H](C)CC(OO)ON=O. The Morgan fingerprint density at radius 2 is 1.93 bits per heavy atom. The quantitative estimate of drug-likeness (QED) is 0.279. The molecule has 0 fully saturated rings. The largest absolute Gasteiger partial charge is 0.329 e. The van der Waals surface area contributed by atoms with E-state index in [0.717, 1.165) is 12.8 Å². The van der Waals surface area contributed by atoms with Gasteiger partial charge in [0.05, 0.1) is 0 Å². The van der Waals surface area contributed by atoms with Crippen molar-refractivity contribution >= 4 is 0 Å². The van der Waals surface area contributed by atoms with Crippen LogP contribution in [0.25, 0.3) is 0 Å². The van der Waals surface area contributed by atoms with Crippen LogP contribution < -0.4 is 0 Å². The highest BCUT2D eigenvalue weighted by atomic mass is 17.1. The molecule has 15 heavy (non-hydrogen) atoms. The minimum atomic E-state index is -0.934. The molecule has 0 aliphatic rings. The molecular weight excluding hydrogens is 198 g/mol. The van der Waals surface area contributed by atoms with Crippen molar-refractivity contribution in [2.45, 2.75) is 52.7 Å². The highest BCUT2D eigenvalue weighted by Gasteiger charge is 2.15. The smallest absolute Gasteiger partial charge is 0.260 e. The van der Waals surface area contributed by atoms with Crippen LogP contribution in [0.5, 0.6) is 0 Å². The molecule has 0 aliphatic carbocycles. The summed E-state index contributed by atoms with van der Waals surface area (Å²) in [5, 5.41) is 10.6. The number of hydrogen-bond donors (Lipinski definition) is 1. The van der Waals surface area contributed by atoms with Gasteiger partial charge in [0.25, 0.3) is 6.29 Å². The van der Waals surface area contributed by atoms with Crippen molar-refractivity contribution in [2.75, 3.05) is 0 Å². The summed E-state index contributed by atoms with van der Waals surface area (Å²) in [6.45, 7) is 6.40. The predicted octanol–water partition coefficient (Wildman–Crippen LogP) is 3.35. The zero-order valence-corrected chi connectivity index (χ0v) is 9.68. The maximum absolute atomic E-state index is 9.80. The first kappa shape index (κ1) is 14.3. The van der Waals surface area contributed by atoms with E-state index in [2.05, 4.69) is 28.9 Å². The summed E-state index contributed by atoms with van der Waals surface area (Å²) >= 11 is 0. The Morgan fingerprint density at radius 1 is 1.27 bits per heavy atom. The van der Waals surface area contributed by atoms with Crippen LogP contribution >= 0.6 is 0 Å². The first-order valence-corrected chi connectivity index (χ1v) is 5.38. The first-order valence-electron chi connectivity index (χ1n) is 5.38. The molecule has 1 N–H and O–H groups in total. The molecule has 0 amide bonds. The van der Waals surface area contributed by atoms with E-state index in [1.807, 2.05) is 6.92 Å². The van der Waals surface area contributed by atoms with Crippen LogP contribution in [0, 0.1) is 16.7 Å². The van der Waals surface area contributed by atoms with Crippen molar-refractivity contribution < 1.29 is 15.0 Å². The van der Waals surface area contributed by atoms with Crippen LogP contribution in [0.2, 0.25) is 0 Å². The van der Waals surface area contributed by atoms with Crippen molar-refractivity contribution in [2.24, 2.45) is 17.2 Å². The van der Waals surface area contributed by atoms with Gasteiger partial charge >= 0.3 is 0 Å². The van der Waals surface area contributed by atoms with Crippen LogP contribution in [0.1, 0.15) is 46.5 Å². The van der Waals surface area contributed by atoms with Gasteiger partial charge in [-0.1, -0.05) is 40.0 Å². The Labute approximate surface area is 90.6 Å². The van der Waals surface area contributed by atoms with E-state index in [4.69, 9.17) is 5.26 Å². The minimum absolute atomic E-state index is 0.336. The molecule has 2 atom stereocenters. The Morgan fingerprint density at radius 3 is 2.40 bits per heavy atom. The van der Waals surface area contributed by atoms with Crippen LogP contribution in [0.3, 0.4) is 0 Å². The molecule has 90 valence electrons. The van der Waals surface area contributed by atoms with E-state index in [1.165, 1.54) is 6.42 Å². The average molecular weight is 219 g/mol. The van der Waals surface area contributed by atoms with Gasteiger partial charge in [-0.2, -0.15) is 4.89 Å². The normalized spacial score (nSPS) is 15.0. The lowest BCUT2D eigenvalue weighted by Gasteiger charge is -2.15. The molecule has 0 aromatic carbocycles. The van der Waals surface area contributed by atoms with Crippen molar-refractivity contribution in [3.05, 3.63) is 4.91 Å². The van der Waals surface area contributed by atoms with E-state index in [-0.39, 0.29) is 0 Å². The molecule has 5 heteroatoms. The molecule has 0 bridgehead atoms. The van der Waals surface area contributed by atoms with Crippen LogP contribution in [0.4, 0.5) is 0 Å². The fraction of sp³-hybridized carbons (Fsp3) is 1.00. The van der Waals surface area contributed by atoms with Gasteiger partial charge in [-0.05, 0) is 11.8 Å².